The lowest BCUT2D eigenvalue weighted by Crippen LogP contribution is -2.32. The lowest BCUT2D eigenvalue weighted by atomic mass is 10.3. The highest BCUT2D eigenvalue weighted by molar-refractivity contribution is 5.92. The van der Waals surface area contributed by atoms with Crippen LogP contribution in [0.25, 0.3) is 11.6 Å². The Morgan fingerprint density at radius 1 is 1.07 bits per heavy atom. The molecule has 12 nitrogen and oxygen atoms in total. The minimum atomic E-state index is -0.400. The fourth-order valence-electron chi connectivity index (χ4n) is 2.83. The summed E-state index contributed by atoms with van der Waals surface area (Å²) in [5.41, 5.74) is 1.66. The number of carbonyl (C=O) groups excluding carboxylic acids is 1. The van der Waals surface area contributed by atoms with E-state index in [1.807, 2.05) is 19.9 Å². The first-order chi connectivity index (χ1) is 14.5. The topological polar surface area (TPSA) is 138 Å². The van der Waals surface area contributed by atoms with E-state index in [0.717, 1.165) is 11.4 Å². The van der Waals surface area contributed by atoms with E-state index in [0.29, 0.717) is 11.6 Å². The molecule has 4 aromatic rings. The molecule has 12 heteroatoms. The molecule has 30 heavy (non-hydrogen) atoms. The van der Waals surface area contributed by atoms with Gasteiger partial charge in [0.1, 0.15) is 12.7 Å². The number of aromatic nitrogens is 9. The summed E-state index contributed by atoms with van der Waals surface area (Å²) in [5, 5.41) is 23.3. The van der Waals surface area contributed by atoms with Gasteiger partial charge in [0, 0.05) is 18.3 Å². The van der Waals surface area contributed by atoms with Crippen molar-refractivity contribution in [2.75, 3.05) is 6.54 Å². The largest absolute Gasteiger partial charge is 0.349 e. The zero-order valence-corrected chi connectivity index (χ0v) is 16.3. The molecular formula is C18H18N10O2. The Morgan fingerprint density at radius 3 is 2.57 bits per heavy atom. The second-order valence-electron chi connectivity index (χ2n) is 6.46. The van der Waals surface area contributed by atoms with Crippen molar-refractivity contribution < 1.29 is 4.79 Å². The maximum Gasteiger partial charge on any atom is 0.271 e. The van der Waals surface area contributed by atoms with Crippen LogP contribution in [0.15, 0.2) is 47.8 Å². The summed E-state index contributed by atoms with van der Waals surface area (Å²) in [6.07, 6.45) is 2.85. The van der Waals surface area contributed by atoms with Crippen LogP contribution in [0.5, 0.6) is 0 Å². The molecule has 0 fully saturated rings. The summed E-state index contributed by atoms with van der Waals surface area (Å²) in [6, 6.07) is 8.11. The van der Waals surface area contributed by atoms with Crippen molar-refractivity contribution in [3.8, 4) is 11.6 Å². The smallest absolute Gasteiger partial charge is 0.271 e. The van der Waals surface area contributed by atoms with E-state index in [9.17, 15) is 9.59 Å². The van der Waals surface area contributed by atoms with Gasteiger partial charge in [0.15, 0.2) is 17.3 Å². The molecule has 152 valence electrons. The van der Waals surface area contributed by atoms with Crippen LogP contribution in [0.1, 0.15) is 21.9 Å². The number of rotatable bonds is 6. The van der Waals surface area contributed by atoms with E-state index in [4.69, 9.17) is 0 Å². The van der Waals surface area contributed by atoms with Gasteiger partial charge in [0.05, 0.1) is 12.2 Å². The fourth-order valence-corrected chi connectivity index (χ4v) is 2.83. The number of aryl methyl sites for hydroxylation is 2. The molecule has 0 aliphatic heterocycles. The maximum absolute atomic E-state index is 12.3. The summed E-state index contributed by atoms with van der Waals surface area (Å²) in [4.78, 5) is 28.2. The third-order valence-electron chi connectivity index (χ3n) is 4.22. The first-order valence-electron chi connectivity index (χ1n) is 9.10. The highest BCUT2D eigenvalue weighted by atomic mass is 16.2. The number of carbonyl (C=O) groups is 1. The first-order valence-corrected chi connectivity index (χ1v) is 9.10. The Morgan fingerprint density at radius 2 is 1.90 bits per heavy atom. The van der Waals surface area contributed by atoms with Crippen LogP contribution in [0.3, 0.4) is 0 Å². The van der Waals surface area contributed by atoms with E-state index in [1.165, 1.54) is 28.1 Å². The van der Waals surface area contributed by atoms with Gasteiger partial charge >= 0.3 is 0 Å². The summed E-state index contributed by atoms with van der Waals surface area (Å²) in [7, 11) is 0. The molecule has 0 unspecified atom stereocenters. The number of hydrogen-bond donors (Lipinski definition) is 1. The summed E-state index contributed by atoms with van der Waals surface area (Å²) in [5.74, 6) is 0.574. The van der Waals surface area contributed by atoms with E-state index in [-0.39, 0.29) is 24.3 Å². The molecule has 0 atom stereocenters. The molecule has 4 aromatic heterocycles. The van der Waals surface area contributed by atoms with Crippen LogP contribution >= 0.6 is 0 Å². The minimum Gasteiger partial charge on any atom is -0.349 e. The fraction of sp³-hybridized carbons (Fsp3) is 0.222. The number of nitrogens with one attached hydrogen (secondary N) is 1. The molecule has 4 heterocycles. The van der Waals surface area contributed by atoms with E-state index in [2.05, 4.69) is 35.8 Å². The van der Waals surface area contributed by atoms with Crippen LogP contribution in [0.4, 0.5) is 0 Å². The molecule has 0 bridgehead atoms. The van der Waals surface area contributed by atoms with Gasteiger partial charge in [-0.2, -0.15) is 10.2 Å². The Labute approximate surface area is 170 Å². The normalized spacial score (nSPS) is 10.9. The molecule has 0 saturated heterocycles. The van der Waals surface area contributed by atoms with Crippen molar-refractivity contribution in [3.63, 3.8) is 0 Å². The SMILES string of the molecule is Cc1cc(C)n(-c2ccc(C(=O)NCCn3nc(-n4cncn4)ccc3=O)nn2)n1. The number of hydrogen-bond acceptors (Lipinski definition) is 8. The van der Waals surface area contributed by atoms with Crippen molar-refractivity contribution >= 4 is 5.91 Å². The monoisotopic (exact) mass is 406 g/mol. The highest BCUT2D eigenvalue weighted by Gasteiger charge is 2.11. The van der Waals surface area contributed by atoms with Gasteiger partial charge in [-0.15, -0.1) is 15.3 Å². The first kappa shape index (κ1) is 19.1. The Bertz CT molecular complexity index is 1220. The second-order valence-corrected chi connectivity index (χ2v) is 6.46. The standard InChI is InChI=1S/C18H18N10O2/c1-12-9-13(2)28(24-12)15-4-3-14(22-23-15)18(30)20-7-8-26-17(29)6-5-16(25-26)27-11-19-10-21-27/h3-6,9-11H,7-8H2,1-2H3,(H,20,30). The molecule has 0 aliphatic carbocycles. The van der Waals surface area contributed by atoms with Gasteiger partial charge < -0.3 is 5.32 Å². The molecule has 0 radical (unpaired) electrons. The van der Waals surface area contributed by atoms with Gasteiger partial charge in [0.25, 0.3) is 11.5 Å². The number of nitrogens with zero attached hydrogens (tertiary/aromatic N) is 9. The zero-order valence-electron chi connectivity index (χ0n) is 16.3. The predicted molar refractivity (Wildman–Crippen MR) is 104 cm³/mol. The molecular weight excluding hydrogens is 388 g/mol. The molecule has 0 saturated carbocycles. The molecule has 0 aliphatic rings. The Hall–Kier alpha value is -4.22. The van der Waals surface area contributed by atoms with Crippen molar-refractivity contribution in [2.24, 2.45) is 0 Å². The lowest BCUT2D eigenvalue weighted by Gasteiger charge is -2.08. The van der Waals surface area contributed by atoms with Gasteiger partial charge in [-0.05, 0) is 38.1 Å². The van der Waals surface area contributed by atoms with Gasteiger partial charge in [-0.1, -0.05) is 0 Å². The van der Waals surface area contributed by atoms with Crippen molar-refractivity contribution in [2.45, 2.75) is 20.4 Å². The zero-order chi connectivity index (χ0) is 21.1. The third kappa shape index (κ3) is 3.97. The van der Waals surface area contributed by atoms with Crippen LogP contribution in [-0.2, 0) is 6.54 Å². The molecule has 4 rings (SSSR count). The van der Waals surface area contributed by atoms with E-state index >= 15 is 0 Å². The van der Waals surface area contributed by atoms with Crippen LogP contribution in [0.2, 0.25) is 0 Å². The summed E-state index contributed by atoms with van der Waals surface area (Å²) in [6.45, 7) is 4.18. The van der Waals surface area contributed by atoms with Gasteiger partial charge in [-0.3, -0.25) is 9.59 Å². The van der Waals surface area contributed by atoms with Gasteiger partial charge in [0.2, 0.25) is 0 Å². The average molecular weight is 406 g/mol. The van der Waals surface area contributed by atoms with Crippen molar-refractivity contribution in [3.05, 3.63) is 70.4 Å². The molecule has 0 spiro atoms. The van der Waals surface area contributed by atoms with E-state index in [1.54, 1.807) is 22.9 Å². The molecule has 1 amide bonds. The number of amides is 1. The van der Waals surface area contributed by atoms with Crippen LogP contribution in [0, 0.1) is 13.8 Å². The Kier molecular flexibility index (Phi) is 5.11. The van der Waals surface area contributed by atoms with Gasteiger partial charge in [-0.25, -0.2) is 19.0 Å². The maximum atomic E-state index is 12.3. The highest BCUT2D eigenvalue weighted by Crippen LogP contribution is 2.09. The van der Waals surface area contributed by atoms with E-state index < -0.39 is 5.91 Å². The summed E-state index contributed by atoms with van der Waals surface area (Å²) < 4.78 is 4.34. The summed E-state index contributed by atoms with van der Waals surface area (Å²) >= 11 is 0. The molecule has 0 aromatic carbocycles. The minimum absolute atomic E-state index is 0.164. The van der Waals surface area contributed by atoms with Crippen molar-refractivity contribution in [1.82, 2.24) is 49.8 Å². The lowest BCUT2D eigenvalue weighted by molar-refractivity contribution is 0.0945. The van der Waals surface area contributed by atoms with Crippen LogP contribution < -0.4 is 10.9 Å². The quantitative estimate of drug-likeness (QED) is 0.466. The Balaban J connectivity index is 1.39. The third-order valence-corrected chi connectivity index (χ3v) is 4.22. The average Bonchev–Trinajstić information content (AvgIpc) is 3.39. The van der Waals surface area contributed by atoms with Crippen molar-refractivity contribution in [1.29, 1.82) is 0 Å². The second kappa shape index (κ2) is 8.03. The van der Waals surface area contributed by atoms with Crippen LogP contribution in [-0.4, -0.2) is 57.0 Å². The molecule has 1 N–H and O–H groups in total. The predicted octanol–water partition coefficient (Wildman–Crippen LogP) is -0.153.